The van der Waals surface area contributed by atoms with Gasteiger partial charge in [0.1, 0.15) is 0 Å². The van der Waals surface area contributed by atoms with Crippen LogP contribution in [-0.4, -0.2) is 23.1 Å². The number of hydrogen-bond donors (Lipinski definition) is 2. The molecule has 0 unspecified atom stereocenters. The van der Waals surface area contributed by atoms with Gasteiger partial charge in [-0.2, -0.15) is 0 Å². The molecule has 0 aliphatic carbocycles. The highest BCUT2D eigenvalue weighted by Crippen LogP contribution is 2.24. The molecule has 2 atom stereocenters. The van der Waals surface area contributed by atoms with Gasteiger partial charge in [-0.3, -0.25) is 4.79 Å². The van der Waals surface area contributed by atoms with Gasteiger partial charge in [-0.15, -0.1) is 11.3 Å². The second-order valence-corrected chi connectivity index (χ2v) is 7.96. The second kappa shape index (κ2) is 9.50. The van der Waals surface area contributed by atoms with E-state index < -0.39 is 6.04 Å². The quantitative estimate of drug-likeness (QED) is 0.696. The number of aryl methyl sites for hydroxylation is 2. The van der Waals surface area contributed by atoms with E-state index in [9.17, 15) is 9.59 Å². The van der Waals surface area contributed by atoms with Crippen LogP contribution in [0.25, 0.3) is 0 Å². The van der Waals surface area contributed by atoms with Crippen molar-refractivity contribution in [3.05, 3.63) is 51.5 Å². The molecular weight excluding hydrogens is 362 g/mol. The van der Waals surface area contributed by atoms with Crippen molar-refractivity contribution in [1.29, 1.82) is 0 Å². The third kappa shape index (κ3) is 6.36. The predicted molar refractivity (Wildman–Crippen MR) is 107 cm³/mol. The number of thiazole rings is 1. The highest BCUT2D eigenvalue weighted by molar-refractivity contribution is 7.11. The van der Waals surface area contributed by atoms with Gasteiger partial charge in [-0.1, -0.05) is 30.3 Å². The molecule has 0 saturated heterocycles. The molecule has 0 spiro atoms. The van der Waals surface area contributed by atoms with Crippen LogP contribution in [0.5, 0.6) is 0 Å². The number of hydrogen-bond acceptors (Lipinski definition) is 5. The number of benzene rings is 1. The molecule has 27 heavy (non-hydrogen) atoms. The zero-order valence-electron chi connectivity index (χ0n) is 16.4. The van der Waals surface area contributed by atoms with E-state index >= 15 is 0 Å². The molecule has 146 valence electrons. The van der Waals surface area contributed by atoms with Crippen LogP contribution in [0, 0.1) is 13.8 Å². The van der Waals surface area contributed by atoms with E-state index in [2.05, 4.69) is 15.6 Å². The van der Waals surface area contributed by atoms with Crippen molar-refractivity contribution >= 4 is 23.3 Å². The number of urea groups is 1. The van der Waals surface area contributed by atoms with Crippen LogP contribution >= 0.6 is 11.3 Å². The molecule has 1 aromatic heterocycles. The van der Waals surface area contributed by atoms with Crippen LogP contribution in [0.15, 0.2) is 30.3 Å². The van der Waals surface area contributed by atoms with Gasteiger partial charge >= 0.3 is 12.0 Å². The van der Waals surface area contributed by atoms with E-state index in [4.69, 9.17) is 4.74 Å². The SMILES string of the molecule is Cc1nc(C)c([C@H](C)NC(=O)N[C@H](CC(=O)OC(C)C)c2ccccc2)s1. The number of amides is 2. The lowest BCUT2D eigenvalue weighted by molar-refractivity contribution is -0.147. The first kappa shape index (κ1) is 20.9. The van der Waals surface area contributed by atoms with Crippen molar-refractivity contribution in [3.63, 3.8) is 0 Å². The Hall–Kier alpha value is -2.41. The number of carbonyl (C=O) groups excluding carboxylic acids is 2. The fourth-order valence-corrected chi connectivity index (χ4v) is 3.76. The zero-order valence-corrected chi connectivity index (χ0v) is 17.2. The molecule has 1 heterocycles. The Morgan fingerprint density at radius 2 is 1.78 bits per heavy atom. The molecule has 0 aliphatic rings. The second-order valence-electron chi connectivity index (χ2n) is 6.73. The van der Waals surface area contributed by atoms with Crippen LogP contribution < -0.4 is 10.6 Å². The fourth-order valence-electron chi connectivity index (χ4n) is 2.83. The van der Waals surface area contributed by atoms with E-state index in [1.54, 1.807) is 25.2 Å². The zero-order chi connectivity index (χ0) is 20.0. The lowest BCUT2D eigenvalue weighted by Gasteiger charge is -2.21. The minimum atomic E-state index is -0.464. The van der Waals surface area contributed by atoms with Crippen molar-refractivity contribution in [1.82, 2.24) is 15.6 Å². The van der Waals surface area contributed by atoms with Gasteiger partial charge < -0.3 is 15.4 Å². The van der Waals surface area contributed by atoms with Crippen molar-refractivity contribution < 1.29 is 14.3 Å². The Morgan fingerprint density at radius 1 is 1.11 bits per heavy atom. The number of rotatable bonds is 7. The summed E-state index contributed by atoms with van der Waals surface area (Å²) in [7, 11) is 0. The van der Waals surface area contributed by atoms with Crippen molar-refractivity contribution in [2.75, 3.05) is 0 Å². The molecule has 6 nitrogen and oxygen atoms in total. The first-order chi connectivity index (χ1) is 12.8. The Kier molecular flexibility index (Phi) is 7.36. The summed E-state index contributed by atoms with van der Waals surface area (Å²) in [6.45, 7) is 9.40. The fraction of sp³-hybridized carbons (Fsp3) is 0.450. The molecule has 0 radical (unpaired) electrons. The number of carbonyl (C=O) groups is 2. The average molecular weight is 390 g/mol. The summed E-state index contributed by atoms with van der Waals surface area (Å²) in [5, 5.41) is 6.80. The summed E-state index contributed by atoms with van der Waals surface area (Å²) in [6, 6.07) is 8.44. The summed E-state index contributed by atoms with van der Waals surface area (Å²) in [6.07, 6.45) is -0.122. The minimum Gasteiger partial charge on any atom is -0.463 e. The van der Waals surface area contributed by atoms with Gasteiger partial charge in [0, 0.05) is 4.88 Å². The molecule has 0 aliphatic heterocycles. The molecule has 0 fully saturated rings. The van der Waals surface area contributed by atoms with Crippen LogP contribution in [0.3, 0.4) is 0 Å². The van der Waals surface area contributed by atoms with Gasteiger partial charge in [-0.05, 0) is 40.2 Å². The van der Waals surface area contributed by atoms with Crippen LogP contribution in [0.4, 0.5) is 4.79 Å². The maximum absolute atomic E-state index is 12.5. The Balaban J connectivity index is 2.06. The molecule has 0 saturated carbocycles. The monoisotopic (exact) mass is 389 g/mol. The first-order valence-corrected chi connectivity index (χ1v) is 9.83. The van der Waals surface area contributed by atoms with Gasteiger partial charge in [0.05, 0.1) is 35.3 Å². The molecule has 1 aromatic carbocycles. The third-order valence-electron chi connectivity index (χ3n) is 3.93. The van der Waals surface area contributed by atoms with Gasteiger partial charge in [-0.25, -0.2) is 9.78 Å². The maximum Gasteiger partial charge on any atom is 0.315 e. The van der Waals surface area contributed by atoms with E-state index in [1.807, 2.05) is 51.1 Å². The smallest absolute Gasteiger partial charge is 0.315 e. The lowest BCUT2D eigenvalue weighted by atomic mass is 10.0. The van der Waals surface area contributed by atoms with Crippen LogP contribution in [0.2, 0.25) is 0 Å². The summed E-state index contributed by atoms with van der Waals surface area (Å²) in [4.78, 5) is 30.1. The molecule has 0 bridgehead atoms. The highest BCUT2D eigenvalue weighted by Gasteiger charge is 2.22. The molecule has 7 heteroatoms. The van der Waals surface area contributed by atoms with Gasteiger partial charge in [0.2, 0.25) is 0 Å². The predicted octanol–water partition coefficient (Wildman–Crippen LogP) is 4.20. The Bertz CT molecular complexity index is 774. The number of ether oxygens (including phenoxy) is 1. The normalized spacial score (nSPS) is 13.1. The van der Waals surface area contributed by atoms with Crippen molar-refractivity contribution in [2.45, 2.75) is 59.2 Å². The van der Waals surface area contributed by atoms with Gasteiger partial charge in [0.15, 0.2) is 0 Å². The third-order valence-corrected chi connectivity index (χ3v) is 5.18. The van der Waals surface area contributed by atoms with Gasteiger partial charge in [0.25, 0.3) is 0 Å². The number of aromatic nitrogens is 1. The maximum atomic E-state index is 12.5. The van der Waals surface area contributed by atoms with Crippen LogP contribution in [0.1, 0.15) is 60.4 Å². The molecule has 2 N–H and O–H groups in total. The lowest BCUT2D eigenvalue weighted by Crippen LogP contribution is -2.40. The summed E-state index contributed by atoms with van der Waals surface area (Å²) in [5.41, 5.74) is 1.77. The van der Waals surface area contributed by atoms with Crippen molar-refractivity contribution in [3.8, 4) is 0 Å². The number of esters is 1. The van der Waals surface area contributed by atoms with E-state index in [0.717, 1.165) is 21.1 Å². The minimum absolute atomic E-state index is 0.0721. The largest absolute Gasteiger partial charge is 0.463 e. The van der Waals surface area contributed by atoms with E-state index in [-0.39, 0.29) is 30.6 Å². The Labute approximate surface area is 164 Å². The molecule has 2 aromatic rings. The number of nitrogens with zero attached hydrogens (tertiary/aromatic N) is 1. The Morgan fingerprint density at radius 3 is 2.33 bits per heavy atom. The summed E-state index contributed by atoms with van der Waals surface area (Å²) >= 11 is 1.57. The standard InChI is InChI=1S/C20H27N3O3S/c1-12(2)26-18(24)11-17(16-9-7-6-8-10-16)23-20(25)22-14(4)19-13(3)21-15(5)27-19/h6-10,12,14,17H,11H2,1-5H3,(H2,22,23,25)/t14-,17+/m0/s1. The number of nitrogens with one attached hydrogen (secondary N) is 2. The first-order valence-electron chi connectivity index (χ1n) is 9.01. The van der Waals surface area contributed by atoms with E-state index in [1.165, 1.54) is 0 Å². The highest BCUT2D eigenvalue weighted by atomic mass is 32.1. The topological polar surface area (TPSA) is 80.3 Å². The molecule has 2 rings (SSSR count). The van der Waals surface area contributed by atoms with Crippen molar-refractivity contribution in [2.24, 2.45) is 0 Å². The molecular formula is C20H27N3O3S. The summed E-state index contributed by atoms with van der Waals surface area (Å²) in [5.74, 6) is -0.346. The molecule has 2 amide bonds. The average Bonchev–Trinajstić information content (AvgIpc) is 2.92. The van der Waals surface area contributed by atoms with E-state index in [0.29, 0.717) is 0 Å². The van der Waals surface area contributed by atoms with Crippen LogP contribution in [-0.2, 0) is 9.53 Å². The summed E-state index contributed by atoms with van der Waals surface area (Å²) < 4.78 is 5.24.